The summed E-state index contributed by atoms with van der Waals surface area (Å²) in [4.78, 5) is 12.7. The highest BCUT2D eigenvalue weighted by Gasteiger charge is 2.18. The lowest BCUT2D eigenvalue weighted by molar-refractivity contribution is 0.0593. The van der Waals surface area contributed by atoms with E-state index in [9.17, 15) is 4.79 Å². The number of hydrogen-bond donors (Lipinski definition) is 0. The first-order chi connectivity index (χ1) is 10.2. The third kappa shape index (κ3) is 2.70. The van der Waals surface area contributed by atoms with Crippen LogP contribution < -0.4 is 0 Å². The van der Waals surface area contributed by atoms with Gasteiger partial charge in [0.15, 0.2) is 5.69 Å². The molecule has 0 fully saturated rings. The van der Waals surface area contributed by atoms with Gasteiger partial charge in [0, 0.05) is 6.07 Å². The van der Waals surface area contributed by atoms with Crippen LogP contribution in [-0.2, 0) is 4.74 Å². The summed E-state index contributed by atoms with van der Waals surface area (Å²) in [6.45, 7) is 0. The predicted octanol–water partition coefficient (Wildman–Crippen LogP) is 4.04. The summed E-state index contributed by atoms with van der Waals surface area (Å²) in [7, 11) is 1.34. The first-order valence-electron chi connectivity index (χ1n) is 6.18. The minimum atomic E-state index is -0.464. The molecule has 0 aliphatic rings. The van der Waals surface area contributed by atoms with Crippen LogP contribution in [0.2, 0.25) is 4.34 Å². The Balaban J connectivity index is 2.17. The molecule has 0 atom stereocenters. The average Bonchev–Trinajstić information content (AvgIpc) is 3.13. The minimum Gasteiger partial charge on any atom is -0.464 e. The second-order valence-corrected chi connectivity index (χ2v) is 5.97. The lowest BCUT2D eigenvalue weighted by Crippen LogP contribution is -2.04. The fourth-order valence-electron chi connectivity index (χ4n) is 1.98. The first kappa shape index (κ1) is 13.9. The van der Waals surface area contributed by atoms with Gasteiger partial charge in [-0.25, -0.2) is 9.48 Å². The SMILES string of the molecule is COC(=O)c1cc(-c2ccc(Cl)s2)n(-c2ccccc2)n1. The van der Waals surface area contributed by atoms with Crippen molar-refractivity contribution >= 4 is 28.9 Å². The number of methoxy groups -OCH3 is 1. The summed E-state index contributed by atoms with van der Waals surface area (Å²) < 4.78 is 7.15. The van der Waals surface area contributed by atoms with Crippen molar-refractivity contribution < 1.29 is 9.53 Å². The van der Waals surface area contributed by atoms with Crippen LogP contribution >= 0.6 is 22.9 Å². The van der Waals surface area contributed by atoms with E-state index in [4.69, 9.17) is 16.3 Å². The van der Waals surface area contributed by atoms with E-state index in [1.54, 1.807) is 10.7 Å². The standard InChI is InChI=1S/C15H11ClN2O2S/c1-20-15(19)11-9-12(13-7-8-14(16)21-13)18(17-11)10-5-3-2-4-6-10/h2-9H,1H3. The Kier molecular flexibility index (Phi) is 3.77. The van der Waals surface area contributed by atoms with E-state index >= 15 is 0 Å². The van der Waals surface area contributed by atoms with Crippen molar-refractivity contribution in [3.8, 4) is 16.3 Å². The number of halogens is 1. The largest absolute Gasteiger partial charge is 0.464 e. The molecule has 3 aromatic rings. The number of ether oxygens (including phenoxy) is 1. The Morgan fingerprint density at radius 2 is 2.00 bits per heavy atom. The zero-order chi connectivity index (χ0) is 14.8. The van der Waals surface area contributed by atoms with Crippen molar-refractivity contribution in [2.75, 3.05) is 7.11 Å². The maximum Gasteiger partial charge on any atom is 0.358 e. The molecule has 0 aliphatic carbocycles. The van der Waals surface area contributed by atoms with Crippen molar-refractivity contribution in [3.63, 3.8) is 0 Å². The third-order valence-corrected chi connectivity index (χ3v) is 4.18. The molecule has 106 valence electrons. The zero-order valence-electron chi connectivity index (χ0n) is 11.1. The predicted molar refractivity (Wildman–Crippen MR) is 83.2 cm³/mol. The van der Waals surface area contributed by atoms with Gasteiger partial charge in [0.25, 0.3) is 0 Å². The summed E-state index contributed by atoms with van der Waals surface area (Å²) in [5, 5.41) is 4.34. The van der Waals surface area contributed by atoms with Crippen molar-refractivity contribution in [2.45, 2.75) is 0 Å². The average molecular weight is 319 g/mol. The van der Waals surface area contributed by atoms with Gasteiger partial charge in [-0.05, 0) is 24.3 Å². The molecule has 0 unspecified atom stereocenters. The molecule has 0 saturated carbocycles. The van der Waals surface area contributed by atoms with E-state index in [0.29, 0.717) is 4.34 Å². The normalized spacial score (nSPS) is 10.6. The third-order valence-electron chi connectivity index (χ3n) is 2.93. The highest BCUT2D eigenvalue weighted by atomic mass is 35.5. The van der Waals surface area contributed by atoms with Crippen molar-refractivity contribution in [2.24, 2.45) is 0 Å². The van der Waals surface area contributed by atoms with Crippen LogP contribution in [0, 0.1) is 0 Å². The molecule has 6 heteroatoms. The van der Waals surface area contributed by atoms with E-state index in [1.807, 2.05) is 42.5 Å². The van der Waals surface area contributed by atoms with Gasteiger partial charge in [-0.3, -0.25) is 0 Å². The van der Waals surface area contributed by atoms with Crippen LogP contribution in [0.3, 0.4) is 0 Å². The number of para-hydroxylation sites is 1. The molecule has 2 aromatic heterocycles. The number of benzene rings is 1. The highest BCUT2D eigenvalue weighted by Crippen LogP contribution is 2.32. The topological polar surface area (TPSA) is 44.1 Å². The molecule has 0 spiro atoms. The number of carbonyl (C=O) groups excluding carboxylic acids is 1. The van der Waals surface area contributed by atoms with Crippen LogP contribution in [0.1, 0.15) is 10.5 Å². The quantitative estimate of drug-likeness (QED) is 0.685. The van der Waals surface area contributed by atoms with Crippen LogP contribution in [-0.4, -0.2) is 22.9 Å². The molecule has 0 bridgehead atoms. The number of rotatable bonds is 3. The minimum absolute atomic E-state index is 0.265. The van der Waals surface area contributed by atoms with E-state index in [2.05, 4.69) is 5.10 Å². The van der Waals surface area contributed by atoms with E-state index in [0.717, 1.165) is 16.3 Å². The zero-order valence-corrected chi connectivity index (χ0v) is 12.7. The molecule has 0 amide bonds. The van der Waals surface area contributed by atoms with Crippen molar-refractivity contribution in [1.29, 1.82) is 0 Å². The number of aromatic nitrogens is 2. The van der Waals surface area contributed by atoms with Crippen LogP contribution in [0.15, 0.2) is 48.5 Å². The van der Waals surface area contributed by atoms with Gasteiger partial charge in [0.1, 0.15) is 0 Å². The molecule has 0 radical (unpaired) electrons. The summed E-state index contributed by atoms with van der Waals surface area (Å²) in [6, 6.07) is 15.0. The maximum absolute atomic E-state index is 11.7. The van der Waals surface area contributed by atoms with Gasteiger partial charge < -0.3 is 4.74 Å². The summed E-state index contributed by atoms with van der Waals surface area (Å²) in [6.07, 6.45) is 0. The second kappa shape index (κ2) is 5.71. The molecular weight excluding hydrogens is 308 g/mol. The molecule has 0 saturated heterocycles. The lowest BCUT2D eigenvalue weighted by atomic mass is 10.3. The van der Waals surface area contributed by atoms with Crippen LogP contribution in [0.5, 0.6) is 0 Å². The van der Waals surface area contributed by atoms with E-state index in [1.165, 1.54) is 18.4 Å². The Morgan fingerprint density at radius 1 is 1.24 bits per heavy atom. The Bertz CT molecular complexity index is 780. The van der Waals surface area contributed by atoms with Gasteiger partial charge >= 0.3 is 5.97 Å². The van der Waals surface area contributed by atoms with Gasteiger partial charge in [0.2, 0.25) is 0 Å². The molecule has 2 heterocycles. The second-order valence-electron chi connectivity index (χ2n) is 4.26. The molecule has 0 aliphatic heterocycles. The molecule has 3 rings (SSSR count). The molecule has 21 heavy (non-hydrogen) atoms. The van der Waals surface area contributed by atoms with Gasteiger partial charge in [-0.15, -0.1) is 11.3 Å². The lowest BCUT2D eigenvalue weighted by Gasteiger charge is -2.05. The Morgan fingerprint density at radius 3 is 2.62 bits per heavy atom. The molecule has 0 N–H and O–H groups in total. The van der Waals surface area contributed by atoms with Gasteiger partial charge in [-0.2, -0.15) is 5.10 Å². The van der Waals surface area contributed by atoms with E-state index < -0.39 is 5.97 Å². The summed E-state index contributed by atoms with van der Waals surface area (Å²) in [5.74, 6) is -0.464. The number of thiophene rings is 1. The first-order valence-corrected chi connectivity index (χ1v) is 7.38. The molecule has 4 nitrogen and oxygen atoms in total. The van der Waals surface area contributed by atoms with Crippen molar-refractivity contribution in [1.82, 2.24) is 9.78 Å². The van der Waals surface area contributed by atoms with Crippen LogP contribution in [0.4, 0.5) is 0 Å². The van der Waals surface area contributed by atoms with Gasteiger partial charge in [0.05, 0.1) is 27.7 Å². The molecule has 1 aromatic carbocycles. The summed E-state index contributed by atoms with van der Waals surface area (Å²) >= 11 is 7.44. The smallest absolute Gasteiger partial charge is 0.358 e. The Labute approximate surface area is 130 Å². The van der Waals surface area contributed by atoms with Crippen LogP contribution in [0.25, 0.3) is 16.3 Å². The fourth-order valence-corrected chi connectivity index (χ4v) is 3.02. The monoisotopic (exact) mass is 318 g/mol. The Hall–Kier alpha value is -2.11. The highest BCUT2D eigenvalue weighted by molar-refractivity contribution is 7.19. The van der Waals surface area contributed by atoms with E-state index in [-0.39, 0.29) is 5.69 Å². The van der Waals surface area contributed by atoms with Crippen molar-refractivity contribution in [3.05, 3.63) is 58.6 Å². The number of hydrogen-bond acceptors (Lipinski definition) is 4. The fraction of sp³-hybridized carbons (Fsp3) is 0.0667. The molecular formula is C15H11ClN2O2S. The van der Waals surface area contributed by atoms with Gasteiger partial charge in [-0.1, -0.05) is 29.8 Å². The number of carbonyl (C=O) groups is 1. The summed E-state index contributed by atoms with van der Waals surface area (Å²) in [5.41, 5.74) is 1.94. The number of nitrogens with zero attached hydrogens (tertiary/aromatic N) is 2. The maximum atomic E-state index is 11.7. The number of esters is 1.